The van der Waals surface area contributed by atoms with E-state index in [0.29, 0.717) is 0 Å². The predicted octanol–water partition coefficient (Wildman–Crippen LogP) is 10.7. The Bertz CT molecular complexity index is 2700. The van der Waals surface area contributed by atoms with E-state index in [9.17, 15) is 0 Å². The van der Waals surface area contributed by atoms with Crippen molar-refractivity contribution in [3.63, 3.8) is 0 Å². The lowest BCUT2D eigenvalue weighted by Gasteiger charge is -2.37. The highest BCUT2D eigenvalue weighted by molar-refractivity contribution is 6.20. The summed E-state index contributed by atoms with van der Waals surface area (Å²) in [6.45, 7) is 6.84. The van der Waals surface area contributed by atoms with E-state index >= 15 is 0 Å². The van der Waals surface area contributed by atoms with Gasteiger partial charge in [-0.25, -0.2) is 0 Å². The van der Waals surface area contributed by atoms with Crippen LogP contribution in [0, 0.1) is 11.3 Å². The zero-order chi connectivity index (χ0) is 32.1. The minimum absolute atomic E-state index is 0.159. The molecular formula is C44H32N4. The summed E-state index contributed by atoms with van der Waals surface area (Å²) in [4.78, 5) is 0. The number of aromatic nitrogens is 2. The standard InChI is InChI=1S/C44H32N4/c1-26(21-22-45)47-39-17-9-6-13-32(39)34-20-19-28(25-41(34)47)29-23-36-31-12-3-4-15-35(31)42-43(27(2)30-11-5-8-16-38(30)46-42)48-40-18-10-7-14-33(40)37(24-29)44(36)48/h3-25,30,38,45-46H,2H2,1H3/b26-21+,45-22?. The van der Waals surface area contributed by atoms with Gasteiger partial charge in [-0.15, -0.1) is 0 Å². The molecule has 7 aromatic rings. The van der Waals surface area contributed by atoms with Gasteiger partial charge >= 0.3 is 0 Å². The largest absolute Gasteiger partial charge is 0.376 e. The minimum Gasteiger partial charge on any atom is -0.376 e. The van der Waals surface area contributed by atoms with Crippen LogP contribution >= 0.6 is 0 Å². The van der Waals surface area contributed by atoms with Crippen LogP contribution in [0.5, 0.6) is 0 Å². The molecule has 0 bridgehead atoms. The third-order valence-electron chi connectivity index (χ3n) is 10.6. The van der Waals surface area contributed by atoms with Crippen LogP contribution < -0.4 is 5.32 Å². The van der Waals surface area contributed by atoms with Crippen molar-refractivity contribution in [2.24, 2.45) is 5.92 Å². The maximum absolute atomic E-state index is 7.78. The van der Waals surface area contributed by atoms with Crippen LogP contribution in [0.3, 0.4) is 0 Å². The van der Waals surface area contributed by atoms with Gasteiger partial charge in [0, 0.05) is 50.5 Å². The Balaban J connectivity index is 1.30. The first kappa shape index (κ1) is 27.0. The third kappa shape index (κ3) is 3.57. The first-order chi connectivity index (χ1) is 23.6. The number of rotatable bonds is 3. The van der Waals surface area contributed by atoms with Crippen LogP contribution in [-0.2, 0) is 0 Å². The first-order valence-electron chi connectivity index (χ1n) is 16.6. The average molecular weight is 617 g/mol. The summed E-state index contributed by atoms with van der Waals surface area (Å²) in [6.07, 6.45) is 12.1. The summed E-state index contributed by atoms with van der Waals surface area (Å²) in [5, 5.41) is 16.6. The maximum Gasteiger partial charge on any atom is 0.0733 e. The Hall–Kier alpha value is -6.13. The molecule has 3 aliphatic rings. The highest BCUT2D eigenvalue weighted by Gasteiger charge is 2.36. The van der Waals surface area contributed by atoms with Gasteiger partial charge in [0.15, 0.2) is 0 Å². The topological polar surface area (TPSA) is 45.7 Å². The summed E-state index contributed by atoms with van der Waals surface area (Å²) in [7, 11) is 0. The number of nitrogens with zero attached hydrogens (tertiary/aromatic N) is 2. The Morgan fingerprint density at radius 1 is 0.708 bits per heavy atom. The molecule has 2 atom stereocenters. The fourth-order valence-electron chi connectivity index (χ4n) is 8.46. The molecule has 0 fully saturated rings. The smallest absolute Gasteiger partial charge is 0.0733 e. The van der Waals surface area contributed by atoms with Crippen molar-refractivity contribution >= 4 is 66.9 Å². The molecule has 4 nitrogen and oxygen atoms in total. The van der Waals surface area contributed by atoms with Crippen molar-refractivity contribution in [3.05, 3.63) is 151 Å². The highest BCUT2D eigenvalue weighted by Crippen LogP contribution is 2.50. The summed E-state index contributed by atoms with van der Waals surface area (Å²) in [5.41, 5.74) is 15.1. The minimum atomic E-state index is 0.159. The number of hydrogen-bond donors (Lipinski definition) is 2. The van der Waals surface area contributed by atoms with Crippen molar-refractivity contribution < 1.29 is 0 Å². The number of benzene rings is 5. The lowest BCUT2D eigenvalue weighted by atomic mass is 9.82. The van der Waals surface area contributed by atoms with Gasteiger partial charge in [0.1, 0.15) is 0 Å². The van der Waals surface area contributed by atoms with Crippen LogP contribution in [0.1, 0.15) is 12.5 Å². The molecule has 2 aliphatic heterocycles. The molecule has 0 spiro atoms. The highest BCUT2D eigenvalue weighted by atomic mass is 15.1. The average Bonchev–Trinajstić information content (AvgIpc) is 3.60. The summed E-state index contributed by atoms with van der Waals surface area (Å²) >= 11 is 0. The molecule has 0 amide bonds. The number of para-hydroxylation sites is 2. The quantitative estimate of drug-likeness (QED) is 0.191. The molecule has 0 saturated heterocycles. The Labute approximate surface area is 278 Å². The second-order valence-electron chi connectivity index (χ2n) is 13.1. The normalized spacial score (nSPS) is 18.3. The van der Waals surface area contributed by atoms with Crippen molar-refractivity contribution in [2.45, 2.75) is 13.0 Å². The van der Waals surface area contributed by atoms with Gasteiger partial charge in [0.05, 0.1) is 39.5 Å². The van der Waals surface area contributed by atoms with Gasteiger partial charge in [-0.3, -0.25) is 0 Å². The third-order valence-corrected chi connectivity index (χ3v) is 10.6. The molecular weight excluding hydrogens is 585 g/mol. The summed E-state index contributed by atoms with van der Waals surface area (Å²) in [5.74, 6) is 0.182. The molecule has 2 unspecified atom stereocenters. The van der Waals surface area contributed by atoms with E-state index < -0.39 is 0 Å². The van der Waals surface area contributed by atoms with E-state index in [1.165, 1.54) is 61.0 Å². The summed E-state index contributed by atoms with van der Waals surface area (Å²) < 4.78 is 4.76. The summed E-state index contributed by atoms with van der Waals surface area (Å²) in [6, 6.07) is 37.9. The molecule has 2 aromatic heterocycles. The molecule has 10 rings (SSSR count). The van der Waals surface area contributed by atoms with E-state index in [4.69, 9.17) is 12.0 Å². The van der Waals surface area contributed by atoms with Crippen molar-refractivity contribution in [2.75, 3.05) is 0 Å². The molecule has 1 aliphatic carbocycles. The van der Waals surface area contributed by atoms with Gasteiger partial charge in [-0.05, 0) is 65.6 Å². The second kappa shape index (κ2) is 9.93. The van der Waals surface area contributed by atoms with E-state index in [2.05, 4.69) is 149 Å². The van der Waals surface area contributed by atoms with Crippen LogP contribution in [0.2, 0.25) is 0 Å². The van der Waals surface area contributed by atoms with Crippen molar-refractivity contribution in [3.8, 4) is 22.3 Å². The van der Waals surface area contributed by atoms with Gasteiger partial charge in [0.25, 0.3) is 0 Å². The molecule has 4 heterocycles. The zero-order valence-electron chi connectivity index (χ0n) is 26.5. The maximum atomic E-state index is 7.78. The SMILES string of the molecule is C=C1C2=C(NC3C=CC=CC13)c1ccccc1-c1cc(-c3ccc4c5ccccc5n(/C(C)=C/C=N)c4c3)cc3c4ccccc4n2c13. The molecule has 5 aromatic carbocycles. The second-order valence-corrected chi connectivity index (χ2v) is 13.1. The first-order valence-corrected chi connectivity index (χ1v) is 16.6. The van der Waals surface area contributed by atoms with Crippen LogP contribution in [0.15, 0.2) is 146 Å². The van der Waals surface area contributed by atoms with Gasteiger partial charge in [-0.2, -0.15) is 0 Å². The predicted molar refractivity (Wildman–Crippen MR) is 203 cm³/mol. The number of allylic oxidation sites excluding steroid dienone is 5. The van der Waals surface area contributed by atoms with E-state index in [-0.39, 0.29) is 12.0 Å². The fraction of sp³-hybridized carbons (Fsp3) is 0.0682. The van der Waals surface area contributed by atoms with E-state index in [0.717, 1.165) is 39.3 Å². The molecule has 48 heavy (non-hydrogen) atoms. The van der Waals surface area contributed by atoms with Crippen LogP contribution in [0.4, 0.5) is 0 Å². The number of nitrogens with one attached hydrogen (secondary N) is 2. The Morgan fingerprint density at radius 3 is 2.25 bits per heavy atom. The molecule has 2 N–H and O–H groups in total. The van der Waals surface area contributed by atoms with Crippen LogP contribution in [0.25, 0.3) is 83.0 Å². The fourth-order valence-corrected chi connectivity index (χ4v) is 8.46. The van der Waals surface area contributed by atoms with Crippen molar-refractivity contribution in [1.29, 1.82) is 5.41 Å². The van der Waals surface area contributed by atoms with Crippen LogP contribution in [-0.4, -0.2) is 21.4 Å². The van der Waals surface area contributed by atoms with Gasteiger partial charge in [0.2, 0.25) is 0 Å². The molecule has 0 saturated carbocycles. The molecule has 4 heteroatoms. The zero-order valence-corrected chi connectivity index (χ0v) is 26.5. The van der Waals surface area contributed by atoms with Gasteiger partial charge in [-0.1, -0.05) is 104 Å². The lowest BCUT2D eigenvalue weighted by molar-refractivity contribution is 0.582. The molecule has 228 valence electrons. The Kier molecular flexibility index (Phi) is 5.59. The Morgan fingerprint density at radius 2 is 1.42 bits per heavy atom. The molecule has 0 radical (unpaired) electrons. The van der Waals surface area contributed by atoms with Gasteiger partial charge < -0.3 is 19.9 Å². The van der Waals surface area contributed by atoms with E-state index in [1.54, 1.807) is 0 Å². The monoisotopic (exact) mass is 616 g/mol. The van der Waals surface area contributed by atoms with Crippen molar-refractivity contribution in [1.82, 2.24) is 14.5 Å². The van der Waals surface area contributed by atoms with E-state index in [1.807, 2.05) is 6.08 Å². The number of fused-ring (bicyclic) bond motifs is 11. The number of hydrogen-bond acceptors (Lipinski definition) is 2. The lowest BCUT2D eigenvalue weighted by Crippen LogP contribution is -2.39.